The maximum atomic E-state index is 12.4. The first-order chi connectivity index (χ1) is 12.9. The van der Waals surface area contributed by atoms with E-state index in [-0.39, 0.29) is 11.6 Å². The topological polar surface area (TPSA) is 85.1 Å². The van der Waals surface area contributed by atoms with Crippen LogP contribution in [0.4, 0.5) is 5.69 Å². The third-order valence-corrected chi connectivity index (χ3v) is 5.58. The molecular formula is C19H16ClN3O3S. The van der Waals surface area contributed by atoms with Gasteiger partial charge in [0.1, 0.15) is 5.01 Å². The van der Waals surface area contributed by atoms with Gasteiger partial charge in [-0.3, -0.25) is 14.9 Å². The molecule has 0 aliphatic carbocycles. The Morgan fingerprint density at radius 2 is 2.00 bits per heavy atom. The highest BCUT2D eigenvalue weighted by molar-refractivity contribution is 7.15. The molecule has 138 valence electrons. The van der Waals surface area contributed by atoms with Crippen LogP contribution in [0.15, 0.2) is 42.5 Å². The SMILES string of the molecule is Cc1cc(C(=O)NCc2sc(-c3ccccc3Cl)nc2C)ccc1[N+](=O)[O-]. The normalized spacial score (nSPS) is 10.6. The Morgan fingerprint density at radius 3 is 2.67 bits per heavy atom. The Morgan fingerprint density at radius 1 is 1.26 bits per heavy atom. The summed E-state index contributed by atoms with van der Waals surface area (Å²) in [5.41, 5.74) is 2.51. The van der Waals surface area contributed by atoms with Gasteiger partial charge in [0.25, 0.3) is 11.6 Å². The summed E-state index contributed by atoms with van der Waals surface area (Å²) in [6.07, 6.45) is 0. The van der Waals surface area contributed by atoms with E-state index in [1.165, 1.54) is 29.5 Å². The van der Waals surface area contributed by atoms with E-state index in [1.54, 1.807) is 6.92 Å². The van der Waals surface area contributed by atoms with E-state index in [4.69, 9.17) is 11.6 Å². The maximum Gasteiger partial charge on any atom is 0.272 e. The Labute approximate surface area is 165 Å². The number of benzene rings is 2. The molecule has 0 aliphatic heterocycles. The van der Waals surface area contributed by atoms with E-state index in [0.717, 1.165) is 21.1 Å². The lowest BCUT2D eigenvalue weighted by atomic mass is 10.1. The summed E-state index contributed by atoms with van der Waals surface area (Å²) in [4.78, 5) is 28.3. The molecule has 27 heavy (non-hydrogen) atoms. The van der Waals surface area contributed by atoms with Crippen molar-refractivity contribution in [2.24, 2.45) is 0 Å². The van der Waals surface area contributed by atoms with Crippen LogP contribution in [0.5, 0.6) is 0 Å². The molecule has 3 aromatic rings. The first-order valence-electron chi connectivity index (χ1n) is 8.11. The quantitative estimate of drug-likeness (QED) is 0.485. The third-order valence-electron chi connectivity index (χ3n) is 4.06. The van der Waals surface area contributed by atoms with Crippen molar-refractivity contribution in [1.29, 1.82) is 0 Å². The molecule has 0 saturated heterocycles. The number of amides is 1. The van der Waals surface area contributed by atoms with Gasteiger partial charge in [-0.1, -0.05) is 29.8 Å². The Kier molecular flexibility index (Phi) is 5.53. The molecule has 0 radical (unpaired) electrons. The minimum absolute atomic E-state index is 0.00534. The molecule has 0 bridgehead atoms. The number of rotatable bonds is 5. The van der Waals surface area contributed by atoms with E-state index in [0.29, 0.717) is 22.7 Å². The molecular weight excluding hydrogens is 386 g/mol. The zero-order valence-corrected chi connectivity index (χ0v) is 16.2. The van der Waals surface area contributed by atoms with Crippen LogP contribution in [0.3, 0.4) is 0 Å². The molecule has 0 saturated carbocycles. The van der Waals surface area contributed by atoms with E-state index < -0.39 is 4.92 Å². The van der Waals surface area contributed by atoms with Crippen LogP contribution in [0.1, 0.15) is 26.5 Å². The zero-order valence-electron chi connectivity index (χ0n) is 14.7. The van der Waals surface area contributed by atoms with Crippen molar-refractivity contribution in [3.63, 3.8) is 0 Å². The average Bonchev–Trinajstić information content (AvgIpc) is 3.00. The van der Waals surface area contributed by atoms with Crippen LogP contribution < -0.4 is 5.32 Å². The van der Waals surface area contributed by atoms with Crippen molar-refractivity contribution in [1.82, 2.24) is 10.3 Å². The van der Waals surface area contributed by atoms with Crippen LogP contribution in [-0.2, 0) is 6.54 Å². The van der Waals surface area contributed by atoms with Gasteiger partial charge in [0, 0.05) is 27.6 Å². The summed E-state index contributed by atoms with van der Waals surface area (Å²) in [6, 6.07) is 11.8. The molecule has 1 amide bonds. The molecule has 0 fully saturated rings. The van der Waals surface area contributed by atoms with Gasteiger partial charge in [-0.25, -0.2) is 4.98 Å². The largest absolute Gasteiger partial charge is 0.347 e. The van der Waals surface area contributed by atoms with E-state index in [9.17, 15) is 14.9 Å². The van der Waals surface area contributed by atoms with Crippen molar-refractivity contribution < 1.29 is 9.72 Å². The molecule has 1 heterocycles. The average molecular weight is 402 g/mol. The second-order valence-electron chi connectivity index (χ2n) is 5.95. The first-order valence-corrected chi connectivity index (χ1v) is 9.30. The highest BCUT2D eigenvalue weighted by Crippen LogP contribution is 2.32. The Hall–Kier alpha value is -2.77. The number of carbonyl (C=O) groups excluding carboxylic acids is 1. The number of nitrogens with one attached hydrogen (secondary N) is 1. The summed E-state index contributed by atoms with van der Waals surface area (Å²) < 4.78 is 0. The fourth-order valence-corrected chi connectivity index (χ4v) is 3.93. The molecule has 3 rings (SSSR count). The Bertz CT molecular complexity index is 1030. The van der Waals surface area contributed by atoms with Crippen molar-refractivity contribution in [2.75, 3.05) is 0 Å². The monoisotopic (exact) mass is 401 g/mol. The predicted octanol–water partition coefficient (Wildman–Crippen LogP) is 4.92. The minimum atomic E-state index is -0.464. The molecule has 8 heteroatoms. The number of hydrogen-bond acceptors (Lipinski definition) is 5. The number of halogens is 1. The molecule has 6 nitrogen and oxygen atoms in total. The van der Waals surface area contributed by atoms with Gasteiger partial charge in [-0.05, 0) is 32.0 Å². The summed E-state index contributed by atoms with van der Waals surface area (Å²) in [7, 11) is 0. The second-order valence-corrected chi connectivity index (χ2v) is 7.44. The van der Waals surface area contributed by atoms with E-state index in [1.807, 2.05) is 31.2 Å². The Balaban J connectivity index is 1.74. The molecule has 0 atom stereocenters. The highest BCUT2D eigenvalue weighted by atomic mass is 35.5. The summed E-state index contributed by atoms with van der Waals surface area (Å²) in [6.45, 7) is 3.81. The lowest BCUT2D eigenvalue weighted by molar-refractivity contribution is -0.385. The zero-order chi connectivity index (χ0) is 19.6. The smallest absolute Gasteiger partial charge is 0.272 e. The molecule has 0 unspecified atom stereocenters. The van der Waals surface area contributed by atoms with Gasteiger partial charge in [0.15, 0.2) is 0 Å². The fraction of sp³-hybridized carbons (Fsp3) is 0.158. The maximum absolute atomic E-state index is 12.4. The van der Waals surface area contributed by atoms with Gasteiger partial charge >= 0.3 is 0 Å². The summed E-state index contributed by atoms with van der Waals surface area (Å²) >= 11 is 7.70. The van der Waals surface area contributed by atoms with Crippen LogP contribution in [-0.4, -0.2) is 15.8 Å². The minimum Gasteiger partial charge on any atom is -0.347 e. The summed E-state index contributed by atoms with van der Waals surface area (Å²) in [5, 5.41) is 15.2. The number of nitro groups is 1. The molecule has 2 aromatic carbocycles. The molecule has 1 aromatic heterocycles. The predicted molar refractivity (Wildman–Crippen MR) is 106 cm³/mol. The van der Waals surface area contributed by atoms with Crippen LogP contribution >= 0.6 is 22.9 Å². The highest BCUT2D eigenvalue weighted by Gasteiger charge is 2.15. The fourth-order valence-electron chi connectivity index (χ4n) is 2.61. The number of aryl methyl sites for hydroxylation is 2. The van der Waals surface area contributed by atoms with Gasteiger partial charge in [0.05, 0.1) is 22.2 Å². The van der Waals surface area contributed by atoms with Crippen molar-refractivity contribution in [3.05, 3.63) is 79.3 Å². The van der Waals surface area contributed by atoms with Gasteiger partial charge in [0.2, 0.25) is 0 Å². The van der Waals surface area contributed by atoms with Crippen LogP contribution in [0, 0.1) is 24.0 Å². The second kappa shape index (κ2) is 7.85. The number of nitro benzene ring substituents is 1. The number of nitrogens with zero attached hydrogens (tertiary/aromatic N) is 2. The third kappa shape index (κ3) is 4.15. The van der Waals surface area contributed by atoms with Gasteiger partial charge < -0.3 is 5.32 Å². The number of thiazole rings is 1. The van der Waals surface area contributed by atoms with Crippen LogP contribution in [0.25, 0.3) is 10.6 Å². The van der Waals surface area contributed by atoms with Crippen molar-refractivity contribution in [2.45, 2.75) is 20.4 Å². The van der Waals surface area contributed by atoms with Gasteiger partial charge in [-0.2, -0.15) is 0 Å². The molecule has 0 aliphatic rings. The first kappa shape index (κ1) is 19.0. The summed E-state index contributed by atoms with van der Waals surface area (Å²) in [5.74, 6) is -0.292. The number of carbonyl (C=O) groups is 1. The van der Waals surface area contributed by atoms with Gasteiger partial charge in [-0.15, -0.1) is 11.3 Å². The lowest BCUT2D eigenvalue weighted by Crippen LogP contribution is -2.22. The molecule has 1 N–H and O–H groups in total. The van der Waals surface area contributed by atoms with Crippen molar-refractivity contribution in [3.8, 4) is 10.6 Å². The lowest BCUT2D eigenvalue weighted by Gasteiger charge is -2.05. The number of aromatic nitrogens is 1. The standard InChI is InChI=1S/C19H16ClN3O3S/c1-11-9-13(7-8-16(11)23(25)26)18(24)21-10-17-12(2)22-19(27-17)14-5-3-4-6-15(14)20/h3-9H,10H2,1-2H3,(H,21,24). The van der Waals surface area contributed by atoms with E-state index >= 15 is 0 Å². The molecule has 0 spiro atoms. The number of hydrogen-bond donors (Lipinski definition) is 1. The van der Waals surface area contributed by atoms with Crippen molar-refractivity contribution >= 4 is 34.5 Å². The van der Waals surface area contributed by atoms with Crippen LogP contribution in [0.2, 0.25) is 5.02 Å². The van der Waals surface area contributed by atoms with E-state index in [2.05, 4.69) is 10.3 Å².